The topological polar surface area (TPSA) is 55.5 Å². The summed E-state index contributed by atoms with van der Waals surface area (Å²) in [5.74, 6) is 0. The fourth-order valence-corrected chi connectivity index (χ4v) is 3.28. The maximum absolute atomic E-state index is 11.5. The van der Waals surface area contributed by atoms with E-state index in [1.807, 2.05) is 49.4 Å². The van der Waals surface area contributed by atoms with Crippen LogP contribution in [0.15, 0.2) is 77.8 Å². The first-order valence-electron chi connectivity index (χ1n) is 9.58. The molecule has 4 nitrogen and oxygen atoms in total. The minimum absolute atomic E-state index is 0.112. The molecule has 0 spiro atoms. The van der Waals surface area contributed by atoms with Crippen molar-refractivity contribution in [3.8, 4) is 11.1 Å². The first kappa shape index (κ1) is 19.5. The minimum atomic E-state index is -0.332. The van der Waals surface area contributed by atoms with Gasteiger partial charge in [-0.1, -0.05) is 67.9 Å². The highest BCUT2D eigenvalue weighted by Crippen LogP contribution is 2.35. The lowest BCUT2D eigenvalue weighted by Gasteiger charge is -2.12. The first-order valence-corrected chi connectivity index (χ1v) is 9.58. The van der Waals surface area contributed by atoms with E-state index >= 15 is 0 Å². The number of nitro benzene ring substituents is 1. The second-order valence-electron chi connectivity index (χ2n) is 6.75. The highest BCUT2D eigenvalue weighted by atomic mass is 16.6. The van der Waals surface area contributed by atoms with Gasteiger partial charge >= 0.3 is 0 Å². The molecule has 0 saturated carbocycles. The molecular formula is C24H24N2O2. The standard InChI is InChI=1S/C24H24N2O2/c1-3-4-15-23(19-11-6-5-7-12-19)25-22-16-10-14-20(18(22)2)21-13-8-9-17-24(21)26(27)28/h5-14,16-17H,3-4,15H2,1-2H3. The molecule has 0 aliphatic carbocycles. The van der Waals surface area contributed by atoms with E-state index in [2.05, 4.69) is 19.1 Å². The summed E-state index contributed by atoms with van der Waals surface area (Å²) in [4.78, 5) is 16.1. The lowest BCUT2D eigenvalue weighted by Crippen LogP contribution is -2.01. The number of unbranched alkanes of at least 4 members (excludes halogenated alkanes) is 1. The predicted molar refractivity (Wildman–Crippen MR) is 115 cm³/mol. The van der Waals surface area contributed by atoms with Gasteiger partial charge in [-0.3, -0.25) is 15.1 Å². The largest absolute Gasteiger partial charge is 0.277 e. The van der Waals surface area contributed by atoms with Crippen LogP contribution in [0.5, 0.6) is 0 Å². The molecule has 0 fully saturated rings. The number of nitrogens with zero attached hydrogens (tertiary/aromatic N) is 2. The third kappa shape index (κ3) is 4.34. The number of para-hydroxylation sites is 1. The molecule has 3 rings (SSSR count). The zero-order valence-electron chi connectivity index (χ0n) is 16.3. The van der Waals surface area contributed by atoms with E-state index in [0.717, 1.165) is 47.4 Å². The summed E-state index contributed by atoms with van der Waals surface area (Å²) in [6, 6.07) is 22.9. The molecule has 3 aromatic rings. The van der Waals surface area contributed by atoms with Gasteiger partial charge in [0.1, 0.15) is 0 Å². The first-order chi connectivity index (χ1) is 13.6. The van der Waals surface area contributed by atoms with Gasteiger partial charge in [-0.25, -0.2) is 0 Å². The smallest absolute Gasteiger partial charge is 0.258 e. The zero-order chi connectivity index (χ0) is 19.9. The molecule has 0 radical (unpaired) electrons. The van der Waals surface area contributed by atoms with Gasteiger partial charge in [0.25, 0.3) is 5.69 Å². The maximum atomic E-state index is 11.5. The van der Waals surface area contributed by atoms with Crippen molar-refractivity contribution >= 4 is 17.1 Å². The van der Waals surface area contributed by atoms with Crippen LogP contribution in [0.4, 0.5) is 11.4 Å². The van der Waals surface area contributed by atoms with E-state index in [1.165, 1.54) is 0 Å². The van der Waals surface area contributed by atoms with Crippen molar-refractivity contribution in [1.29, 1.82) is 0 Å². The summed E-state index contributed by atoms with van der Waals surface area (Å²) in [5.41, 5.74) is 5.54. The Morgan fingerprint density at radius 2 is 1.61 bits per heavy atom. The van der Waals surface area contributed by atoms with Gasteiger partial charge < -0.3 is 0 Å². The van der Waals surface area contributed by atoms with Crippen LogP contribution in [0, 0.1) is 17.0 Å². The molecule has 0 saturated heterocycles. The van der Waals surface area contributed by atoms with Gasteiger partial charge in [0.05, 0.1) is 16.2 Å². The molecule has 0 atom stereocenters. The molecule has 0 aromatic heterocycles. The molecule has 0 heterocycles. The molecule has 0 amide bonds. The Labute approximate surface area is 165 Å². The van der Waals surface area contributed by atoms with Gasteiger partial charge in [-0.2, -0.15) is 0 Å². The highest BCUT2D eigenvalue weighted by Gasteiger charge is 2.17. The second kappa shape index (κ2) is 9.09. The van der Waals surface area contributed by atoms with Crippen LogP contribution >= 0.6 is 0 Å². The van der Waals surface area contributed by atoms with Crippen molar-refractivity contribution in [3.63, 3.8) is 0 Å². The predicted octanol–water partition coefficient (Wildman–Crippen LogP) is 6.88. The molecule has 0 N–H and O–H groups in total. The van der Waals surface area contributed by atoms with Crippen LogP contribution < -0.4 is 0 Å². The van der Waals surface area contributed by atoms with Gasteiger partial charge in [-0.15, -0.1) is 0 Å². The Hall–Kier alpha value is -3.27. The lowest BCUT2D eigenvalue weighted by molar-refractivity contribution is -0.384. The van der Waals surface area contributed by atoms with Crippen molar-refractivity contribution in [2.75, 3.05) is 0 Å². The van der Waals surface area contributed by atoms with Crippen molar-refractivity contribution in [1.82, 2.24) is 0 Å². The average Bonchev–Trinajstić information content (AvgIpc) is 2.73. The molecule has 0 aliphatic heterocycles. The monoisotopic (exact) mass is 372 g/mol. The fraction of sp³-hybridized carbons (Fsp3) is 0.208. The number of benzene rings is 3. The van der Waals surface area contributed by atoms with Crippen LogP contribution in [0.25, 0.3) is 11.1 Å². The SMILES string of the molecule is CCCCC(=Nc1cccc(-c2ccccc2[N+](=O)[O-])c1C)c1ccccc1. The third-order valence-electron chi connectivity index (χ3n) is 4.83. The summed E-state index contributed by atoms with van der Waals surface area (Å²) in [6.07, 6.45) is 3.06. The molecule has 3 aromatic carbocycles. The molecular weight excluding hydrogens is 348 g/mol. The molecule has 0 unspecified atom stereocenters. The van der Waals surface area contributed by atoms with Gasteiger partial charge in [0.15, 0.2) is 0 Å². The molecule has 4 heteroatoms. The molecule has 0 aliphatic rings. The lowest BCUT2D eigenvalue weighted by atomic mass is 9.97. The third-order valence-corrected chi connectivity index (χ3v) is 4.83. The fourth-order valence-electron chi connectivity index (χ4n) is 3.28. The highest BCUT2D eigenvalue weighted by molar-refractivity contribution is 6.02. The van der Waals surface area contributed by atoms with Crippen LogP contribution in [0.2, 0.25) is 0 Å². The minimum Gasteiger partial charge on any atom is -0.258 e. The van der Waals surface area contributed by atoms with Gasteiger partial charge in [0, 0.05) is 11.8 Å². The number of hydrogen-bond acceptors (Lipinski definition) is 3. The van der Waals surface area contributed by atoms with E-state index in [-0.39, 0.29) is 10.6 Å². The van der Waals surface area contributed by atoms with E-state index in [9.17, 15) is 10.1 Å². The van der Waals surface area contributed by atoms with Crippen molar-refractivity contribution < 1.29 is 4.92 Å². The van der Waals surface area contributed by atoms with Gasteiger partial charge in [0.2, 0.25) is 0 Å². The maximum Gasteiger partial charge on any atom is 0.277 e. The van der Waals surface area contributed by atoms with Crippen molar-refractivity contribution in [3.05, 3.63) is 94.0 Å². The van der Waals surface area contributed by atoms with E-state index in [1.54, 1.807) is 18.2 Å². The number of rotatable bonds is 7. The van der Waals surface area contributed by atoms with Crippen LogP contribution in [-0.2, 0) is 0 Å². The Kier molecular flexibility index (Phi) is 6.33. The van der Waals surface area contributed by atoms with E-state index < -0.39 is 0 Å². The van der Waals surface area contributed by atoms with Crippen LogP contribution in [0.3, 0.4) is 0 Å². The van der Waals surface area contributed by atoms with Crippen LogP contribution in [0.1, 0.15) is 37.3 Å². The van der Waals surface area contributed by atoms with E-state index in [4.69, 9.17) is 4.99 Å². The molecule has 0 bridgehead atoms. The van der Waals surface area contributed by atoms with E-state index in [0.29, 0.717) is 5.56 Å². The summed E-state index contributed by atoms with van der Waals surface area (Å²) in [6.45, 7) is 4.15. The number of aliphatic imine (C=N–C) groups is 1. The Morgan fingerprint density at radius 1 is 0.929 bits per heavy atom. The Balaban J connectivity index is 2.10. The summed E-state index contributed by atoms with van der Waals surface area (Å²) < 4.78 is 0. The summed E-state index contributed by atoms with van der Waals surface area (Å²) in [7, 11) is 0. The molecule has 142 valence electrons. The van der Waals surface area contributed by atoms with Crippen molar-refractivity contribution in [2.24, 2.45) is 4.99 Å². The van der Waals surface area contributed by atoms with Gasteiger partial charge in [-0.05, 0) is 48.6 Å². The summed E-state index contributed by atoms with van der Waals surface area (Å²) in [5, 5.41) is 11.5. The van der Waals surface area contributed by atoms with Crippen molar-refractivity contribution in [2.45, 2.75) is 33.1 Å². The Morgan fingerprint density at radius 3 is 2.32 bits per heavy atom. The zero-order valence-corrected chi connectivity index (χ0v) is 16.3. The number of hydrogen-bond donors (Lipinski definition) is 0. The second-order valence-corrected chi connectivity index (χ2v) is 6.75. The Bertz CT molecular complexity index is 994. The number of nitro groups is 1. The van der Waals surface area contributed by atoms with Crippen LogP contribution in [-0.4, -0.2) is 10.6 Å². The quantitative estimate of drug-likeness (QED) is 0.258. The average molecular weight is 372 g/mol. The summed E-state index contributed by atoms with van der Waals surface area (Å²) >= 11 is 0. The normalized spacial score (nSPS) is 11.4. The molecule has 28 heavy (non-hydrogen) atoms.